The van der Waals surface area contributed by atoms with Crippen LogP contribution >= 0.6 is 11.6 Å². The molecule has 13 heavy (non-hydrogen) atoms. The SMILES string of the molecule is CCOC(C)C1CC(CO)(CCl)C1. The number of hydrogen-bond acceptors (Lipinski definition) is 2. The molecule has 0 radical (unpaired) electrons. The number of rotatable bonds is 5. The minimum absolute atomic E-state index is 0.00240. The highest BCUT2D eigenvalue weighted by Gasteiger charge is 2.45. The summed E-state index contributed by atoms with van der Waals surface area (Å²) in [6.45, 7) is 5.09. The molecule has 1 unspecified atom stereocenters. The van der Waals surface area contributed by atoms with Gasteiger partial charge in [-0.3, -0.25) is 0 Å². The second kappa shape index (κ2) is 4.63. The van der Waals surface area contributed by atoms with Gasteiger partial charge in [-0.05, 0) is 32.6 Å². The summed E-state index contributed by atoms with van der Waals surface area (Å²) in [6, 6.07) is 0. The summed E-state index contributed by atoms with van der Waals surface area (Å²) in [6.07, 6.45) is 2.33. The molecular weight excluding hydrogens is 188 g/mol. The van der Waals surface area contributed by atoms with Crippen molar-refractivity contribution in [2.45, 2.75) is 32.8 Å². The predicted molar refractivity (Wildman–Crippen MR) is 54.1 cm³/mol. The molecule has 0 heterocycles. The van der Waals surface area contributed by atoms with Crippen molar-refractivity contribution < 1.29 is 9.84 Å². The summed E-state index contributed by atoms with van der Waals surface area (Å²) in [4.78, 5) is 0. The Balaban J connectivity index is 2.30. The van der Waals surface area contributed by atoms with Gasteiger partial charge in [-0.2, -0.15) is 0 Å². The molecule has 2 nitrogen and oxygen atoms in total. The molecule has 1 fully saturated rings. The molecule has 1 aliphatic rings. The van der Waals surface area contributed by atoms with E-state index < -0.39 is 0 Å². The lowest BCUT2D eigenvalue weighted by Gasteiger charge is -2.47. The van der Waals surface area contributed by atoms with Crippen molar-refractivity contribution >= 4 is 11.6 Å². The van der Waals surface area contributed by atoms with E-state index in [0.717, 1.165) is 19.4 Å². The average Bonchev–Trinajstić information content (AvgIpc) is 2.05. The second-order valence-electron chi connectivity index (χ2n) is 4.12. The highest BCUT2D eigenvalue weighted by molar-refractivity contribution is 6.18. The van der Waals surface area contributed by atoms with Crippen molar-refractivity contribution in [3.8, 4) is 0 Å². The van der Waals surface area contributed by atoms with Crippen molar-refractivity contribution in [1.29, 1.82) is 0 Å². The van der Waals surface area contributed by atoms with Gasteiger partial charge in [0.15, 0.2) is 0 Å². The van der Waals surface area contributed by atoms with Crippen molar-refractivity contribution in [2.75, 3.05) is 19.1 Å². The zero-order valence-electron chi connectivity index (χ0n) is 8.42. The normalized spacial score (nSPS) is 35.5. The first-order valence-corrected chi connectivity index (χ1v) is 5.49. The van der Waals surface area contributed by atoms with Crippen LogP contribution in [0.4, 0.5) is 0 Å². The summed E-state index contributed by atoms with van der Waals surface area (Å²) in [7, 11) is 0. The molecule has 1 atom stereocenters. The number of alkyl halides is 1. The Morgan fingerprint density at radius 3 is 2.62 bits per heavy atom. The van der Waals surface area contributed by atoms with Crippen molar-refractivity contribution in [3.05, 3.63) is 0 Å². The van der Waals surface area contributed by atoms with E-state index in [2.05, 4.69) is 6.92 Å². The lowest BCUT2D eigenvalue weighted by atomic mass is 9.62. The van der Waals surface area contributed by atoms with Gasteiger partial charge in [0.2, 0.25) is 0 Å². The van der Waals surface area contributed by atoms with Crippen molar-refractivity contribution in [3.63, 3.8) is 0 Å². The quantitative estimate of drug-likeness (QED) is 0.698. The zero-order chi connectivity index (χ0) is 9.90. The topological polar surface area (TPSA) is 29.5 Å². The van der Waals surface area contributed by atoms with E-state index in [-0.39, 0.29) is 12.0 Å². The Kier molecular flexibility index (Phi) is 4.02. The summed E-state index contributed by atoms with van der Waals surface area (Å²) in [5.74, 6) is 1.16. The van der Waals surface area contributed by atoms with E-state index in [0.29, 0.717) is 17.9 Å². The maximum Gasteiger partial charge on any atom is 0.0575 e. The first-order chi connectivity index (χ1) is 6.17. The van der Waals surface area contributed by atoms with Gasteiger partial charge >= 0.3 is 0 Å². The molecule has 1 saturated carbocycles. The van der Waals surface area contributed by atoms with Gasteiger partial charge < -0.3 is 9.84 Å². The minimum Gasteiger partial charge on any atom is -0.396 e. The molecule has 3 heteroatoms. The number of halogens is 1. The lowest BCUT2D eigenvalue weighted by molar-refractivity contribution is -0.0692. The Morgan fingerprint density at radius 2 is 2.23 bits per heavy atom. The van der Waals surface area contributed by atoms with Crippen LogP contribution < -0.4 is 0 Å². The van der Waals surface area contributed by atoms with Crippen LogP contribution in [0.15, 0.2) is 0 Å². The van der Waals surface area contributed by atoms with E-state index in [1.807, 2.05) is 6.92 Å². The molecule has 78 valence electrons. The fraction of sp³-hybridized carbons (Fsp3) is 1.00. The summed E-state index contributed by atoms with van der Waals surface area (Å²) < 4.78 is 5.50. The van der Waals surface area contributed by atoms with Gasteiger partial charge in [-0.25, -0.2) is 0 Å². The molecule has 0 bridgehead atoms. The molecule has 0 aromatic rings. The van der Waals surface area contributed by atoms with Gasteiger partial charge in [-0.15, -0.1) is 11.6 Å². The zero-order valence-corrected chi connectivity index (χ0v) is 9.18. The summed E-state index contributed by atoms with van der Waals surface area (Å²) in [5.41, 5.74) is -0.00240. The minimum atomic E-state index is -0.00240. The molecule has 0 saturated heterocycles. The van der Waals surface area contributed by atoms with Crippen molar-refractivity contribution in [2.24, 2.45) is 11.3 Å². The van der Waals surface area contributed by atoms with Crippen LogP contribution in [0.1, 0.15) is 26.7 Å². The maximum absolute atomic E-state index is 9.14. The predicted octanol–water partition coefficient (Wildman–Crippen LogP) is 2.04. The van der Waals surface area contributed by atoms with E-state index in [1.165, 1.54) is 0 Å². The Morgan fingerprint density at radius 1 is 1.62 bits per heavy atom. The molecule has 0 spiro atoms. The molecule has 1 rings (SSSR count). The molecule has 0 aromatic heterocycles. The van der Waals surface area contributed by atoms with E-state index >= 15 is 0 Å². The smallest absolute Gasteiger partial charge is 0.0575 e. The van der Waals surface area contributed by atoms with Crippen LogP contribution in [0.2, 0.25) is 0 Å². The number of aliphatic hydroxyl groups is 1. The first-order valence-electron chi connectivity index (χ1n) is 4.96. The third-order valence-electron chi connectivity index (χ3n) is 3.10. The molecule has 1 aliphatic carbocycles. The standard InChI is InChI=1S/C10H19ClO2/c1-3-13-8(2)9-4-10(5-9,6-11)7-12/h8-9,12H,3-7H2,1-2H3. The van der Waals surface area contributed by atoms with Gasteiger partial charge in [-0.1, -0.05) is 0 Å². The Bertz CT molecular complexity index is 149. The molecular formula is C10H19ClO2. The van der Waals surface area contributed by atoms with Crippen molar-refractivity contribution in [1.82, 2.24) is 0 Å². The maximum atomic E-state index is 9.14. The molecule has 0 amide bonds. The van der Waals surface area contributed by atoms with E-state index in [1.54, 1.807) is 0 Å². The van der Waals surface area contributed by atoms with Crippen LogP contribution in [-0.2, 0) is 4.74 Å². The van der Waals surface area contributed by atoms with Crippen LogP contribution in [-0.4, -0.2) is 30.3 Å². The number of aliphatic hydroxyl groups excluding tert-OH is 1. The third-order valence-corrected chi connectivity index (χ3v) is 3.67. The van der Waals surface area contributed by atoms with Crippen LogP contribution in [0.25, 0.3) is 0 Å². The lowest BCUT2D eigenvalue weighted by Crippen LogP contribution is -2.46. The second-order valence-corrected chi connectivity index (χ2v) is 4.39. The molecule has 0 aliphatic heterocycles. The fourth-order valence-electron chi connectivity index (χ4n) is 2.06. The van der Waals surface area contributed by atoms with Gasteiger partial charge in [0, 0.05) is 24.5 Å². The van der Waals surface area contributed by atoms with E-state index in [4.69, 9.17) is 21.4 Å². The average molecular weight is 207 g/mol. The van der Waals surface area contributed by atoms with Crippen LogP contribution in [0.3, 0.4) is 0 Å². The molecule has 1 N–H and O–H groups in total. The van der Waals surface area contributed by atoms with Gasteiger partial charge in [0.05, 0.1) is 6.10 Å². The highest BCUT2D eigenvalue weighted by Crippen LogP contribution is 2.48. The van der Waals surface area contributed by atoms with Crippen LogP contribution in [0.5, 0.6) is 0 Å². The highest BCUT2D eigenvalue weighted by atomic mass is 35.5. The fourth-order valence-corrected chi connectivity index (χ4v) is 2.37. The monoisotopic (exact) mass is 206 g/mol. The largest absolute Gasteiger partial charge is 0.396 e. The van der Waals surface area contributed by atoms with Crippen LogP contribution in [0, 0.1) is 11.3 Å². The first kappa shape index (κ1) is 11.3. The number of ether oxygens (including phenoxy) is 1. The van der Waals surface area contributed by atoms with Gasteiger partial charge in [0.25, 0.3) is 0 Å². The third kappa shape index (κ3) is 2.36. The summed E-state index contributed by atoms with van der Waals surface area (Å²) >= 11 is 5.81. The Hall–Kier alpha value is 0.210. The molecule has 0 aromatic carbocycles. The van der Waals surface area contributed by atoms with E-state index in [9.17, 15) is 0 Å². The Labute approximate surface area is 85.2 Å². The van der Waals surface area contributed by atoms with Gasteiger partial charge in [0.1, 0.15) is 0 Å². The summed E-state index contributed by atoms with van der Waals surface area (Å²) in [5, 5.41) is 9.14. The number of hydrogen-bond donors (Lipinski definition) is 1.